The van der Waals surface area contributed by atoms with Crippen LogP contribution in [-0.2, 0) is 0 Å². The molecule has 1 spiro atoms. The first-order chi connectivity index (χ1) is 9.50. The average molecular weight is 280 g/mol. The van der Waals surface area contributed by atoms with Gasteiger partial charge >= 0.3 is 0 Å². The van der Waals surface area contributed by atoms with E-state index in [2.05, 4.69) is 25.7 Å². The molecule has 0 amide bonds. The van der Waals surface area contributed by atoms with E-state index < -0.39 is 0 Å². The summed E-state index contributed by atoms with van der Waals surface area (Å²) >= 11 is 0. The highest BCUT2D eigenvalue weighted by Gasteiger charge is 2.39. The molecule has 2 nitrogen and oxygen atoms in total. The molecule has 0 bridgehead atoms. The largest absolute Gasteiger partial charge is 0.330 e. The predicted octanol–water partition coefficient (Wildman–Crippen LogP) is 4.19. The summed E-state index contributed by atoms with van der Waals surface area (Å²) in [6.07, 6.45) is 13.1. The van der Waals surface area contributed by atoms with E-state index >= 15 is 0 Å². The van der Waals surface area contributed by atoms with Crippen LogP contribution in [0.25, 0.3) is 0 Å². The Balaban J connectivity index is 1.90. The molecule has 0 unspecified atom stereocenters. The first-order valence-electron chi connectivity index (χ1n) is 8.94. The van der Waals surface area contributed by atoms with Gasteiger partial charge in [0.2, 0.25) is 0 Å². The minimum Gasteiger partial charge on any atom is -0.330 e. The van der Waals surface area contributed by atoms with Crippen LogP contribution in [0.1, 0.15) is 78.6 Å². The van der Waals surface area contributed by atoms with E-state index in [4.69, 9.17) is 5.73 Å². The second kappa shape index (κ2) is 6.79. The Hall–Kier alpha value is -0.0800. The van der Waals surface area contributed by atoms with Crippen LogP contribution in [0.15, 0.2) is 0 Å². The summed E-state index contributed by atoms with van der Waals surface area (Å²) in [6, 6.07) is 0.826. The van der Waals surface area contributed by atoms with Crippen LogP contribution in [0, 0.1) is 10.8 Å². The summed E-state index contributed by atoms with van der Waals surface area (Å²) in [5.74, 6) is 0. The van der Waals surface area contributed by atoms with Crippen LogP contribution in [0.3, 0.4) is 0 Å². The van der Waals surface area contributed by atoms with Gasteiger partial charge in [-0.2, -0.15) is 0 Å². The van der Waals surface area contributed by atoms with Crippen LogP contribution in [0.2, 0.25) is 0 Å². The Labute approximate surface area is 126 Å². The molecule has 118 valence electrons. The van der Waals surface area contributed by atoms with Crippen molar-refractivity contribution >= 4 is 0 Å². The maximum Gasteiger partial charge on any atom is 0.00959 e. The van der Waals surface area contributed by atoms with E-state index in [9.17, 15) is 0 Å². The van der Waals surface area contributed by atoms with Crippen LogP contribution in [-0.4, -0.2) is 30.6 Å². The quantitative estimate of drug-likeness (QED) is 0.790. The lowest BCUT2D eigenvalue weighted by Gasteiger charge is -2.44. The minimum atomic E-state index is 0.262. The van der Waals surface area contributed by atoms with E-state index in [0.29, 0.717) is 0 Å². The third-order valence-corrected chi connectivity index (χ3v) is 5.89. The van der Waals surface area contributed by atoms with Gasteiger partial charge in [-0.05, 0) is 68.9 Å². The summed E-state index contributed by atoms with van der Waals surface area (Å²) in [5, 5.41) is 0. The fraction of sp³-hybridized carbons (Fsp3) is 1.00. The summed E-state index contributed by atoms with van der Waals surface area (Å²) in [7, 11) is 0. The molecule has 0 aliphatic heterocycles. The third-order valence-electron chi connectivity index (χ3n) is 5.89. The fourth-order valence-electron chi connectivity index (χ4n) is 4.50. The number of hydrogen-bond donors (Lipinski definition) is 1. The van der Waals surface area contributed by atoms with Gasteiger partial charge in [-0.3, -0.25) is 4.90 Å². The highest BCUT2D eigenvalue weighted by Crippen LogP contribution is 2.49. The minimum absolute atomic E-state index is 0.262. The standard InChI is InChI=1S/C18H36N2/c1-4-13-20(15-17(2,3)14-19)16-7-11-18(12-8-16)9-5-6-10-18/h16H,4-15,19H2,1-3H3. The molecule has 2 N–H and O–H groups in total. The van der Waals surface area contributed by atoms with Crippen molar-refractivity contribution < 1.29 is 0 Å². The van der Waals surface area contributed by atoms with Gasteiger partial charge in [0.15, 0.2) is 0 Å². The van der Waals surface area contributed by atoms with E-state index in [0.717, 1.165) is 18.0 Å². The third kappa shape index (κ3) is 3.98. The van der Waals surface area contributed by atoms with Crippen LogP contribution >= 0.6 is 0 Å². The molecule has 2 aliphatic carbocycles. The van der Waals surface area contributed by atoms with Gasteiger partial charge < -0.3 is 5.73 Å². The zero-order valence-electron chi connectivity index (χ0n) is 14.1. The van der Waals surface area contributed by atoms with Gasteiger partial charge in [0, 0.05) is 12.6 Å². The molecular weight excluding hydrogens is 244 g/mol. The zero-order chi connectivity index (χ0) is 14.6. The van der Waals surface area contributed by atoms with Crippen LogP contribution in [0.5, 0.6) is 0 Å². The number of rotatable bonds is 6. The molecule has 20 heavy (non-hydrogen) atoms. The maximum absolute atomic E-state index is 5.95. The second-order valence-corrected chi connectivity index (χ2v) is 8.28. The molecular formula is C18H36N2. The Kier molecular flexibility index (Phi) is 5.53. The van der Waals surface area contributed by atoms with Crippen LogP contribution < -0.4 is 5.73 Å². The van der Waals surface area contributed by atoms with E-state index in [1.165, 1.54) is 70.9 Å². The molecule has 0 saturated heterocycles. The first kappa shape index (κ1) is 16.3. The van der Waals surface area contributed by atoms with Crippen molar-refractivity contribution in [3.63, 3.8) is 0 Å². The molecule has 2 rings (SSSR count). The van der Waals surface area contributed by atoms with Crippen molar-refractivity contribution in [2.24, 2.45) is 16.6 Å². The van der Waals surface area contributed by atoms with E-state index in [1.807, 2.05) is 0 Å². The van der Waals surface area contributed by atoms with Crippen LogP contribution in [0.4, 0.5) is 0 Å². The van der Waals surface area contributed by atoms with Crippen molar-refractivity contribution in [1.29, 1.82) is 0 Å². The maximum atomic E-state index is 5.95. The van der Waals surface area contributed by atoms with E-state index in [-0.39, 0.29) is 5.41 Å². The summed E-state index contributed by atoms with van der Waals surface area (Å²) < 4.78 is 0. The first-order valence-corrected chi connectivity index (χ1v) is 8.94. The molecule has 0 aromatic heterocycles. The van der Waals surface area contributed by atoms with Crippen molar-refractivity contribution in [2.45, 2.75) is 84.6 Å². The Morgan fingerprint density at radius 1 is 1.10 bits per heavy atom. The smallest absolute Gasteiger partial charge is 0.00959 e. The molecule has 0 heterocycles. The predicted molar refractivity (Wildman–Crippen MR) is 87.9 cm³/mol. The van der Waals surface area contributed by atoms with Gasteiger partial charge in [0.05, 0.1) is 0 Å². The number of nitrogens with two attached hydrogens (primary N) is 1. The SMILES string of the molecule is CCCN(CC(C)(C)CN)C1CCC2(CCCC2)CC1. The lowest BCUT2D eigenvalue weighted by atomic mass is 9.71. The Bertz CT molecular complexity index is 282. The van der Waals surface area contributed by atoms with Gasteiger partial charge in [0.25, 0.3) is 0 Å². The Morgan fingerprint density at radius 3 is 2.20 bits per heavy atom. The lowest BCUT2D eigenvalue weighted by molar-refractivity contribution is 0.0655. The molecule has 2 aliphatic rings. The summed E-state index contributed by atoms with van der Waals surface area (Å²) in [5.41, 5.74) is 6.97. The normalized spacial score (nSPS) is 23.9. The molecule has 2 fully saturated rings. The van der Waals surface area contributed by atoms with Gasteiger partial charge in [-0.15, -0.1) is 0 Å². The molecule has 0 aromatic rings. The lowest BCUT2D eigenvalue weighted by Crippen LogP contribution is -2.46. The summed E-state index contributed by atoms with van der Waals surface area (Å²) in [4.78, 5) is 2.76. The number of nitrogens with zero attached hydrogens (tertiary/aromatic N) is 1. The van der Waals surface area contributed by atoms with Gasteiger partial charge in [-0.1, -0.05) is 33.6 Å². The highest BCUT2D eigenvalue weighted by molar-refractivity contribution is 4.92. The molecule has 0 aromatic carbocycles. The molecule has 2 heteroatoms. The van der Waals surface area contributed by atoms with Crippen molar-refractivity contribution in [2.75, 3.05) is 19.6 Å². The van der Waals surface area contributed by atoms with E-state index in [1.54, 1.807) is 0 Å². The fourth-order valence-corrected chi connectivity index (χ4v) is 4.50. The second-order valence-electron chi connectivity index (χ2n) is 8.28. The van der Waals surface area contributed by atoms with Gasteiger partial charge in [-0.25, -0.2) is 0 Å². The highest BCUT2D eigenvalue weighted by atomic mass is 15.2. The zero-order valence-corrected chi connectivity index (χ0v) is 14.1. The van der Waals surface area contributed by atoms with Gasteiger partial charge in [0.1, 0.15) is 0 Å². The summed E-state index contributed by atoms with van der Waals surface area (Å²) in [6.45, 7) is 10.2. The topological polar surface area (TPSA) is 29.3 Å². The number of hydrogen-bond acceptors (Lipinski definition) is 2. The molecule has 0 atom stereocenters. The monoisotopic (exact) mass is 280 g/mol. The van der Waals surface area contributed by atoms with Crippen molar-refractivity contribution in [3.05, 3.63) is 0 Å². The van der Waals surface area contributed by atoms with Crippen molar-refractivity contribution in [1.82, 2.24) is 4.90 Å². The Morgan fingerprint density at radius 2 is 1.70 bits per heavy atom. The molecule has 2 saturated carbocycles. The molecule has 0 radical (unpaired) electrons. The average Bonchev–Trinajstić information content (AvgIpc) is 2.87. The van der Waals surface area contributed by atoms with Crippen molar-refractivity contribution in [3.8, 4) is 0 Å².